The summed E-state index contributed by atoms with van der Waals surface area (Å²) >= 11 is 0. The zero-order valence-corrected chi connectivity index (χ0v) is 18.5. The molecule has 1 amide bonds. The number of amides is 1. The minimum atomic E-state index is -1.12. The highest BCUT2D eigenvalue weighted by atomic mass is 16.6. The minimum absolute atomic E-state index is 0.0127. The van der Waals surface area contributed by atoms with Crippen LogP contribution in [0.5, 0.6) is 0 Å². The SMILES string of the molecule is CN(C(=N)NC(=O)OCCCOC(=O)CCc1ccccc1)C(Cc1ccccc1)C(=O)O. The van der Waals surface area contributed by atoms with Crippen molar-refractivity contribution in [2.45, 2.75) is 31.7 Å². The van der Waals surface area contributed by atoms with Crippen molar-refractivity contribution in [1.82, 2.24) is 10.2 Å². The van der Waals surface area contributed by atoms with Crippen LogP contribution in [-0.4, -0.2) is 60.3 Å². The Balaban J connectivity index is 1.64. The number of rotatable bonds is 11. The van der Waals surface area contributed by atoms with Gasteiger partial charge in [0, 0.05) is 26.3 Å². The fourth-order valence-corrected chi connectivity index (χ4v) is 2.98. The standard InChI is InChI=1S/C24H29N3O6/c1-27(20(22(29)30)17-19-11-6-3-7-12-19)23(25)26-24(31)33-16-8-15-32-21(28)14-13-18-9-4-2-5-10-18/h2-7,9-12,20H,8,13-17H2,1H3,(H,29,30)(H2,25,26,31). The van der Waals surface area contributed by atoms with E-state index in [1.165, 1.54) is 7.05 Å². The third kappa shape index (κ3) is 9.42. The second-order valence-electron chi connectivity index (χ2n) is 7.32. The molecule has 2 rings (SSSR count). The Morgan fingerprint density at radius 1 is 0.970 bits per heavy atom. The van der Waals surface area contributed by atoms with E-state index < -0.39 is 24.1 Å². The van der Waals surface area contributed by atoms with Crippen LogP contribution in [0, 0.1) is 5.41 Å². The fraction of sp³-hybridized carbons (Fsp3) is 0.333. The van der Waals surface area contributed by atoms with E-state index in [4.69, 9.17) is 14.9 Å². The van der Waals surface area contributed by atoms with E-state index in [-0.39, 0.29) is 32.0 Å². The van der Waals surface area contributed by atoms with Crippen LogP contribution in [-0.2, 0) is 31.9 Å². The lowest BCUT2D eigenvalue weighted by molar-refractivity contribution is -0.144. The van der Waals surface area contributed by atoms with E-state index in [2.05, 4.69) is 5.32 Å². The molecule has 3 N–H and O–H groups in total. The predicted octanol–water partition coefficient (Wildman–Crippen LogP) is 2.84. The van der Waals surface area contributed by atoms with Gasteiger partial charge in [0.25, 0.3) is 0 Å². The summed E-state index contributed by atoms with van der Waals surface area (Å²) in [5.74, 6) is -1.84. The predicted molar refractivity (Wildman–Crippen MR) is 122 cm³/mol. The molecule has 0 spiro atoms. The van der Waals surface area contributed by atoms with Crippen LogP contribution in [0.1, 0.15) is 24.0 Å². The number of nitrogens with zero attached hydrogens (tertiary/aromatic N) is 1. The number of esters is 1. The van der Waals surface area contributed by atoms with Gasteiger partial charge in [0.2, 0.25) is 5.96 Å². The van der Waals surface area contributed by atoms with Gasteiger partial charge in [-0.05, 0) is 17.5 Å². The molecule has 2 aromatic rings. The number of nitrogens with one attached hydrogen (secondary N) is 2. The first-order valence-electron chi connectivity index (χ1n) is 10.6. The smallest absolute Gasteiger partial charge is 0.413 e. The largest absolute Gasteiger partial charge is 0.480 e. The van der Waals surface area contributed by atoms with Gasteiger partial charge in [-0.1, -0.05) is 60.7 Å². The van der Waals surface area contributed by atoms with E-state index in [9.17, 15) is 19.5 Å². The highest BCUT2D eigenvalue weighted by Gasteiger charge is 2.26. The molecule has 2 aromatic carbocycles. The summed E-state index contributed by atoms with van der Waals surface area (Å²) in [6.45, 7) is 0.0948. The quantitative estimate of drug-likeness (QED) is 0.206. The average Bonchev–Trinajstić information content (AvgIpc) is 2.81. The highest BCUT2D eigenvalue weighted by molar-refractivity contribution is 5.94. The van der Waals surface area contributed by atoms with Gasteiger partial charge in [0.05, 0.1) is 13.2 Å². The molecule has 0 heterocycles. The second-order valence-corrected chi connectivity index (χ2v) is 7.32. The van der Waals surface area contributed by atoms with E-state index in [1.807, 2.05) is 36.4 Å². The van der Waals surface area contributed by atoms with Crippen molar-refractivity contribution in [2.24, 2.45) is 0 Å². The maximum absolute atomic E-state index is 11.9. The number of hydrogen-bond donors (Lipinski definition) is 3. The maximum Gasteiger partial charge on any atom is 0.413 e. The number of ether oxygens (including phenoxy) is 2. The summed E-state index contributed by atoms with van der Waals surface area (Å²) in [6, 6.07) is 17.6. The number of likely N-dealkylation sites (N-methyl/N-ethyl adjacent to an activating group) is 1. The van der Waals surface area contributed by atoms with Crippen LogP contribution in [0.2, 0.25) is 0 Å². The molecular formula is C24H29N3O6. The minimum Gasteiger partial charge on any atom is -0.480 e. The molecular weight excluding hydrogens is 426 g/mol. The van der Waals surface area contributed by atoms with Gasteiger partial charge in [-0.3, -0.25) is 15.5 Å². The molecule has 33 heavy (non-hydrogen) atoms. The summed E-state index contributed by atoms with van der Waals surface area (Å²) in [7, 11) is 1.42. The number of guanidine groups is 1. The van der Waals surface area contributed by atoms with Gasteiger partial charge >= 0.3 is 18.0 Å². The second kappa shape index (κ2) is 13.5. The van der Waals surface area contributed by atoms with Crippen molar-refractivity contribution in [3.05, 3.63) is 71.8 Å². The summed E-state index contributed by atoms with van der Waals surface area (Å²) < 4.78 is 10.1. The summed E-state index contributed by atoms with van der Waals surface area (Å²) in [6.07, 6.45) is 0.449. The Morgan fingerprint density at radius 2 is 1.55 bits per heavy atom. The number of carbonyl (C=O) groups excluding carboxylic acids is 2. The van der Waals surface area contributed by atoms with Crippen molar-refractivity contribution < 1.29 is 29.0 Å². The fourth-order valence-electron chi connectivity index (χ4n) is 2.98. The van der Waals surface area contributed by atoms with Crippen molar-refractivity contribution in [3.8, 4) is 0 Å². The van der Waals surface area contributed by atoms with Gasteiger partial charge < -0.3 is 19.5 Å². The first-order chi connectivity index (χ1) is 15.9. The zero-order chi connectivity index (χ0) is 24.1. The number of hydrogen-bond acceptors (Lipinski definition) is 6. The molecule has 0 fully saturated rings. The number of aliphatic carboxylic acids is 1. The lowest BCUT2D eigenvalue weighted by Crippen LogP contribution is -2.50. The van der Waals surface area contributed by atoms with Crippen LogP contribution in [0.25, 0.3) is 0 Å². The van der Waals surface area contributed by atoms with E-state index in [1.54, 1.807) is 24.3 Å². The van der Waals surface area contributed by atoms with Crippen LogP contribution in [0.4, 0.5) is 4.79 Å². The van der Waals surface area contributed by atoms with Crippen LogP contribution < -0.4 is 5.32 Å². The first-order valence-corrected chi connectivity index (χ1v) is 10.6. The third-order valence-electron chi connectivity index (χ3n) is 4.84. The van der Waals surface area contributed by atoms with Gasteiger partial charge in [-0.15, -0.1) is 0 Å². The van der Waals surface area contributed by atoms with Gasteiger partial charge in [0.1, 0.15) is 6.04 Å². The number of carboxylic acids is 1. The van der Waals surface area contributed by atoms with Crippen molar-refractivity contribution in [2.75, 3.05) is 20.3 Å². The lowest BCUT2D eigenvalue weighted by atomic mass is 10.1. The number of alkyl carbamates (subject to hydrolysis) is 1. The molecule has 0 radical (unpaired) electrons. The Morgan fingerprint density at radius 3 is 2.15 bits per heavy atom. The maximum atomic E-state index is 11.9. The Kier molecular flexibility index (Phi) is 10.4. The molecule has 0 aliphatic rings. The molecule has 9 nitrogen and oxygen atoms in total. The number of benzene rings is 2. The van der Waals surface area contributed by atoms with Crippen molar-refractivity contribution >= 4 is 24.0 Å². The number of carboxylic acid groups (broad SMARTS) is 1. The molecule has 176 valence electrons. The lowest BCUT2D eigenvalue weighted by Gasteiger charge is -2.26. The Bertz CT molecular complexity index is 920. The molecule has 0 aromatic heterocycles. The monoisotopic (exact) mass is 455 g/mol. The van der Waals surface area contributed by atoms with Gasteiger partial charge in [0.15, 0.2) is 0 Å². The normalized spacial score (nSPS) is 11.2. The molecule has 0 saturated carbocycles. The van der Waals surface area contributed by atoms with Crippen LogP contribution in [0.3, 0.4) is 0 Å². The molecule has 1 unspecified atom stereocenters. The van der Waals surface area contributed by atoms with Gasteiger partial charge in [-0.25, -0.2) is 9.59 Å². The van der Waals surface area contributed by atoms with E-state index in [0.29, 0.717) is 12.8 Å². The topological polar surface area (TPSA) is 129 Å². The highest BCUT2D eigenvalue weighted by Crippen LogP contribution is 2.08. The molecule has 0 aliphatic heterocycles. The molecule has 0 bridgehead atoms. The number of aryl methyl sites for hydroxylation is 1. The Hall–Kier alpha value is -3.88. The molecule has 1 atom stereocenters. The van der Waals surface area contributed by atoms with E-state index >= 15 is 0 Å². The number of carbonyl (C=O) groups is 3. The third-order valence-corrected chi connectivity index (χ3v) is 4.84. The molecule has 9 heteroatoms. The summed E-state index contributed by atoms with van der Waals surface area (Å²) in [5, 5.41) is 19.7. The zero-order valence-electron chi connectivity index (χ0n) is 18.5. The van der Waals surface area contributed by atoms with Gasteiger partial charge in [-0.2, -0.15) is 0 Å². The first kappa shape index (κ1) is 25.4. The van der Waals surface area contributed by atoms with Crippen LogP contribution in [0.15, 0.2) is 60.7 Å². The Labute approximate surface area is 192 Å². The summed E-state index contributed by atoms with van der Waals surface area (Å²) in [4.78, 5) is 36.5. The van der Waals surface area contributed by atoms with E-state index in [0.717, 1.165) is 16.0 Å². The molecule has 0 aliphatic carbocycles. The average molecular weight is 456 g/mol. The van der Waals surface area contributed by atoms with Crippen LogP contribution >= 0.6 is 0 Å². The van der Waals surface area contributed by atoms with Crippen molar-refractivity contribution in [1.29, 1.82) is 5.41 Å². The summed E-state index contributed by atoms with van der Waals surface area (Å²) in [5.41, 5.74) is 1.85. The van der Waals surface area contributed by atoms with Crippen molar-refractivity contribution in [3.63, 3.8) is 0 Å². The molecule has 0 saturated heterocycles.